The van der Waals surface area contributed by atoms with E-state index in [0.717, 1.165) is 19.3 Å². The molecule has 1 atom stereocenters. The second-order valence-corrected chi connectivity index (χ2v) is 5.39. The van der Waals surface area contributed by atoms with Crippen molar-refractivity contribution < 1.29 is 14.8 Å². The molecule has 1 aromatic rings. The Kier molecular flexibility index (Phi) is 4.90. The van der Waals surface area contributed by atoms with E-state index in [1.165, 1.54) is 6.07 Å². The van der Waals surface area contributed by atoms with E-state index >= 15 is 0 Å². The van der Waals surface area contributed by atoms with Gasteiger partial charge in [0.25, 0.3) is 11.6 Å². The Balaban J connectivity index is 2.27. The van der Waals surface area contributed by atoms with E-state index in [1.807, 2.05) is 0 Å². The molecule has 1 aliphatic heterocycles. The van der Waals surface area contributed by atoms with Crippen LogP contribution >= 0.6 is 0 Å². The second kappa shape index (κ2) is 6.67. The molecule has 0 spiro atoms. The van der Waals surface area contributed by atoms with Crippen LogP contribution in [0.3, 0.4) is 0 Å². The van der Waals surface area contributed by atoms with Crippen LogP contribution in [0, 0.1) is 17.0 Å². The lowest BCUT2D eigenvalue weighted by molar-refractivity contribution is -0.385. The van der Waals surface area contributed by atoms with Crippen molar-refractivity contribution >= 4 is 11.6 Å². The predicted molar refractivity (Wildman–Crippen MR) is 78.2 cm³/mol. The minimum atomic E-state index is -0.485. The summed E-state index contributed by atoms with van der Waals surface area (Å²) in [5.74, 6) is -0.272. The number of nitro benzene ring substituents is 1. The van der Waals surface area contributed by atoms with Gasteiger partial charge in [-0.15, -0.1) is 0 Å². The molecule has 0 aliphatic carbocycles. The standard InChI is InChI=1S/C15H20N2O4/c1-11-5-2-8-13(14(11)17(20)21)15(19)16-9-3-6-12(16)7-4-10-18/h2,5,8,12,18H,3-4,6-7,9-10H2,1H3. The molecule has 1 aliphatic rings. The Hall–Kier alpha value is -1.95. The fourth-order valence-corrected chi connectivity index (χ4v) is 2.96. The summed E-state index contributed by atoms with van der Waals surface area (Å²) in [5, 5.41) is 20.1. The maximum absolute atomic E-state index is 12.7. The normalized spacial score (nSPS) is 18.0. The van der Waals surface area contributed by atoms with Crippen molar-refractivity contribution in [1.29, 1.82) is 0 Å². The number of hydrogen-bond donors (Lipinski definition) is 1. The number of carbonyl (C=O) groups is 1. The van der Waals surface area contributed by atoms with E-state index in [9.17, 15) is 14.9 Å². The Bertz CT molecular complexity index is 544. The quantitative estimate of drug-likeness (QED) is 0.666. The van der Waals surface area contributed by atoms with Gasteiger partial charge in [-0.1, -0.05) is 12.1 Å². The number of amides is 1. The zero-order valence-corrected chi connectivity index (χ0v) is 12.1. The monoisotopic (exact) mass is 292 g/mol. The Morgan fingerprint density at radius 1 is 1.52 bits per heavy atom. The Morgan fingerprint density at radius 2 is 2.29 bits per heavy atom. The summed E-state index contributed by atoms with van der Waals surface area (Å²) in [7, 11) is 0. The summed E-state index contributed by atoms with van der Waals surface area (Å²) in [6.07, 6.45) is 3.18. The lowest BCUT2D eigenvalue weighted by Crippen LogP contribution is -2.36. The first-order valence-corrected chi connectivity index (χ1v) is 7.22. The van der Waals surface area contributed by atoms with Crippen LogP contribution in [0.1, 0.15) is 41.6 Å². The number of aryl methyl sites for hydroxylation is 1. The molecule has 1 amide bonds. The van der Waals surface area contributed by atoms with Crippen LogP contribution in [0.2, 0.25) is 0 Å². The summed E-state index contributed by atoms with van der Waals surface area (Å²) in [5.41, 5.74) is 0.558. The molecule has 1 heterocycles. The van der Waals surface area contributed by atoms with E-state index in [0.29, 0.717) is 18.5 Å². The topological polar surface area (TPSA) is 83.7 Å². The fourth-order valence-electron chi connectivity index (χ4n) is 2.96. The fraction of sp³-hybridized carbons (Fsp3) is 0.533. The molecule has 6 nitrogen and oxygen atoms in total. The SMILES string of the molecule is Cc1cccc(C(=O)N2CCCC2CCCO)c1[N+](=O)[O-]. The molecule has 0 saturated carbocycles. The molecule has 1 fully saturated rings. The minimum Gasteiger partial charge on any atom is -0.396 e. The van der Waals surface area contributed by atoms with Crippen molar-refractivity contribution in [3.8, 4) is 0 Å². The number of carbonyl (C=O) groups excluding carboxylic acids is 1. The van der Waals surface area contributed by atoms with Gasteiger partial charge in [-0.25, -0.2) is 0 Å². The van der Waals surface area contributed by atoms with Crippen molar-refractivity contribution in [3.05, 3.63) is 39.4 Å². The number of aliphatic hydroxyl groups excluding tert-OH is 1. The van der Waals surface area contributed by atoms with Crippen LogP contribution in [0.15, 0.2) is 18.2 Å². The van der Waals surface area contributed by atoms with Gasteiger partial charge >= 0.3 is 0 Å². The van der Waals surface area contributed by atoms with E-state index < -0.39 is 4.92 Å². The Labute approximate surface area is 123 Å². The number of benzene rings is 1. The van der Waals surface area contributed by atoms with Crippen molar-refractivity contribution in [2.45, 2.75) is 38.6 Å². The van der Waals surface area contributed by atoms with Crippen molar-refractivity contribution in [2.75, 3.05) is 13.2 Å². The number of para-hydroxylation sites is 1. The van der Waals surface area contributed by atoms with E-state index in [4.69, 9.17) is 5.11 Å². The zero-order chi connectivity index (χ0) is 15.4. The third kappa shape index (κ3) is 3.21. The van der Waals surface area contributed by atoms with Gasteiger partial charge in [0.1, 0.15) is 5.56 Å². The highest BCUT2D eigenvalue weighted by Gasteiger charge is 2.32. The molecular formula is C15H20N2O4. The highest BCUT2D eigenvalue weighted by atomic mass is 16.6. The lowest BCUT2D eigenvalue weighted by atomic mass is 10.1. The Morgan fingerprint density at radius 3 is 2.95 bits per heavy atom. The molecule has 6 heteroatoms. The van der Waals surface area contributed by atoms with Crippen LogP contribution in [-0.2, 0) is 0 Å². The van der Waals surface area contributed by atoms with Gasteiger partial charge in [-0.3, -0.25) is 14.9 Å². The number of hydrogen-bond acceptors (Lipinski definition) is 4. The van der Waals surface area contributed by atoms with E-state index in [-0.39, 0.29) is 29.8 Å². The maximum atomic E-state index is 12.7. The van der Waals surface area contributed by atoms with Crippen LogP contribution in [0.25, 0.3) is 0 Å². The van der Waals surface area contributed by atoms with Crippen molar-refractivity contribution in [2.24, 2.45) is 0 Å². The molecule has 0 bridgehead atoms. The van der Waals surface area contributed by atoms with Crippen LogP contribution in [-0.4, -0.2) is 40.0 Å². The number of nitro groups is 1. The largest absolute Gasteiger partial charge is 0.396 e. The summed E-state index contributed by atoms with van der Waals surface area (Å²) in [4.78, 5) is 25.1. The van der Waals surface area contributed by atoms with Crippen LogP contribution < -0.4 is 0 Å². The number of aliphatic hydroxyl groups is 1. The first kappa shape index (κ1) is 15.4. The summed E-state index contributed by atoms with van der Waals surface area (Å²) < 4.78 is 0. The summed E-state index contributed by atoms with van der Waals surface area (Å²) in [6.45, 7) is 2.37. The van der Waals surface area contributed by atoms with Gasteiger partial charge in [0.2, 0.25) is 0 Å². The molecule has 21 heavy (non-hydrogen) atoms. The van der Waals surface area contributed by atoms with Gasteiger partial charge in [-0.05, 0) is 38.7 Å². The molecule has 0 radical (unpaired) electrons. The van der Waals surface area contributed by atoms with Crippen LogP contribution in [0.4, 0.5) is 5.69 Å². The average molecular weight is 292 g/mol. The van der Waals surface area contributed by atoms with Gasteiger partial charge in [0, 0.05) is 24.8 Å². The average Bonchev–Trinajstić information content (AvgIpc) is 2.91. The lowest BCUT2D eigenvalue weighted by Gasteiger charge is -2.24. The minimum absolute atomic E-state index is 0.0739. The molecule has 1 unspecified atom stereocenters. The molecular weight excluding hydrogens is 272 g/mol. The highest BCUT2D eigenvalue weighted by Crippen LogP contribution is 2.29. The highest BCUT2D eigenvalue weighted by molar-refractivity contribution is 5.99. The molecule has 1 N–H and O–H groups in total. The number of rotatable bonds is 5. The predicted octanol–water partition coefficient (Wildman–Crippen LogP) is 2.28. The molecule has 2 rings (SSSR count). The maximum Gasteiger partial charge on any atom is 0.285 e. The molecule has 114 valence electrons. The smallest absolute Gasteiger partial charge is 0.285 e. The van der Waals surface area contributed by atoms with Crippen molar-refractivity contribution in [3.63, 3.8) is 0 Å². The number of nitrogens with zero attached hydrogens (tertiary/aromatic N) is 2. The first-order chi connectivity index (χ1) is 10.1. The first-order valence-electron chi connectivity index (χ1n) is 7.22. The number of likely N-dealkylation sites (tertiary alicyclic amines) is 1. The third-order valence-electron chi connectivity index (χ3n) is 3.98. The van der Waals surface area contributed by atoms with Crippen molar-refractivity contribution in [1.82, 2.24) is 4.90 Å². The summed E-state index contributed by atoms with van der Waals surface area (Å²) >= 11 is 0. The molecule has 1 aromatic carbocycles. The van der Waals surface area contributed by atoms with E-state index in [1.54, 1.807) is 24.0 Å². The second-order valence-electron chi connectivity index (χ2n) is 5.39. The van der Waals surface area contributed by atoms with Gasteiger partial charge < -0.3 is 10.0 Å². The van der Waals surface area contributed by atoms with Gasteiger partial charge in [0.05, 0.1) is 4.92 Å². The molecule has 1 saturated heterocycles. The summed E-state index contributed by atoms with van der Waals surface area (Å²) in [6, 6.07) is 4.91. The third-order valence-corrected chi connectivity index (χ3v) is 3.98. The zero-order valence-electron chi connectivity index (χ0n) is 12.1. The van der Waals surface area contributed by atoms with Crippen LogP contribution in [0.5, 0.6) is 0 Å². The van der Waals surface area contributed by atoms with Gasteiger partial charge in [-0.2, -0.15) is 0 Å². The molecule has 0 aromatic heterocycles. The van der Waals surface area contributed by atoms with E-state index in [2.05, 4.69) is 0 Å². The van der Waals surface area contributed by atoms with Gasteiger partial charge in [0.15, 0.2) is 0 Å².